The minimum absolute atomic E-state index is 0.154. The molecule has 1 aromatic rings. The number of aliphatic imine (C=N–C) groups is 1. The van der Waals surface area contributed by atoms with Crippen molar-refractivity contribution in [3.63, 3.8) is 0 Å². The smallest absolute Gasteiger partial charge is 0.306 e. The summed E-state index contributed by atoms with van der Waals surface area (Å²) in [7, 11) is 0. The number of allylic oxidation sites excluding steroid dienone is 4. The third-order valence-corrected chi connectivity index (χ3v) is 4.08. The molecular weight excluding hydrogens is 276 g/mol. The predicted molar refractivity (Wildman–Crippen MR) is 85.4 cm³/mol. The zero-order chi connectivity index (χ0) is 15.1. The van der Waals surface area contributed by atoms with Gasteiger partial charge in [0.1, 0.15) is 5.82 Å². The van der Waals surface area contributed by atoms with E-state index in [1.54, 1.807) is 23.4 Å². The SMILES string of the molecule is CC1C=CC2=NC3=C(CCN3C(=O)Nc3cccnc3)C2=C1. The van der Waals surface area contributed by atoms with Gasteiger partial charge in [-0.2, -0.15) is 0 Å². The number of urea groups is 1. The molecule has 0 spiro atoms. The molecule has 1 atom stereocenters. The fourth-order valence-electron chi connectivity index (χ4n) is 3.02. The Kier molecular flexibility index (Phi) is 2.92. The zero-order valence-electron chi connectivity index (χ0n) is 12.3. The lowest BCUT2D eigenvalue weighted by atomic mass is 9.92. The molecule has 0 saturated heterocycles. The second-order valence-corrected chi connectivity index (χ2v) is 5.67. The number of carbonyl (C=O) groups is 1. The molecule has 0 fully saturated rings. The average Bonchev–Trinajstić information content (AvgIpc) is 3.07. The lowest BCUT2D eigenvalue weighted by Gasteiger charge is -2.18. The quantitative estimate of drug-likeness (QED) is 0.864. The van der Waals surface area contributed by atoms with Crippen LogP contribution in [0.15, 0.2) is 64.7 Å². The van der Waals surface area contributed by atoms with Gasteiger partial charge < -0.3 is 5.32 Å². The number of anilines is 1. The molecule has 110 valence electrons. The molecule has 0 aromatic carbocycles. The molecule has 0 bridgehead atoms. The molecule has 5 nitrogen and oxygen atoms in total. The molecule has 2 amide bonds. The molecule has 0 radical (unpaired) electrons. The Morgan fingerprint density at radius 2 is 2.36 bits per heavy atom. The number of aromatic nitrogens is 1. The minimum Gasteiger partial charge on any atom is -0.306 e. The van der Waals surface area contributed by atoms with Gasteiger partial charge in [-0.15, -0.1) is 0 Å². The van der Waals surface area contributed by atoms with Crippen LogP contribution in [-0.4, -0.2) is 28.2 Å². The number of pyridine rings is 1. The molecule has 4 rings (SSSR count). The maximum atomic E-state index is 12.5. The van der Waals surface area contributed by atoms with E-state index in [-0.39, 0.29) is 6.03 Å². The van der Waals surface area contributed by atoms with Crippen molar-refractivity contribution in [3.8, 4) is 0 Å². The molecule has 0 saturated carbocycles. The first-order valence-electron chi connectivity index (χ1n) is 7.43. The fourth-order valence-corrected chi connectivity index (χ4v) is 3.02. The summed E-state index contributed by atoms with van der Waals surface area (Å²) in [5, 5.41) is 2.87. The number of rotatable bonds is 1. The van der Waals surface area contributed by atoms with Crippen molar-refractivity contribution in [2.45, 2.75) is 13.3 Å². The molecule has 22 heavy (non-hydrogen) atoms. The van der Waals surface area contributed by atoms with Gasteiger partial charge in [0.15, 0.2) is 0 Å². The van der Waals surface area contributed by atoms with Crippen LogP contribution < -0.4 is 5.32 Å². The third kappa shape index (κ3) is 2.06. The summed E-state index contributed by atoms with van der Waals surface area (Å²) in [5.41, 5.74) is 4.05. The number of amides is 2. The van der Waals surface area contributed by atoms with Crippen molar-refractivity contribution < 1.29 is 4.79 Å². The number of carbonyl (C=O) groups excluding carboxylic acids is 1. The highest BCUT2D eigenvalue weighted by molar-refractivity contribution is 6.15. The molecule has 2 aliphatic heterocycles. The average molecular weight is 292 g/mol. The summed E-state index contributed by atoms with van der Waals surface area (Å²) >= 11 is 0. The Morgan fingerprint density at radius 1 is 1.45 bits per heavy atom. The normalized spacial score (nSPS) is 22.2. The highest BCUT2D eigenvalue weighted by atomic mass is 16.2. The summed E-state index contributed by atoms with van der Waals surface area (Å²) < 4.78 is 0. The van der Waals surface area contributed by atoms with Gasteiger partial charge in [0.05, 0.1) is 17.6 Å². The summed E-state index contributed by atoms with van der Waals surface area (Å²) in [6.45, 7) is 2.82. The van der Waals surface area contributed by atoms with Crippen LogP contribution in [-0.2, 0) is 0 Å². The number of nitrogens with one attached hydrogen (secondary N) is 1. The number of hydrogen-bond donors (Lipinski definition) is 1. The van der Waals surface area contributed by atoms with Crippen molar-refractivity contribution in [1.29, 1.82) is 0 Å². The van der Waals surface area contributed by atoms with E-state index in [1.807, 2.05) is 6.07 Å². The Labute approximate surface area is 128 Å². The van der Waals surface area contributed by atoms with Crippen LogP contribution in [0.4, 0.5) is 10.5 Å². The van der Waals surface area contributed by atoms with Crippen LogP contribution in [0.1, 0.15) is 13.3 Å². The van der Waals surface area contributed by atoms with Gasteiger partial charge in [0.25, 0.3) is 0 Å². The summed E-state index contributed by atoms with van der Waals surface area (Å²) in [6.07, 6.45) is 10.6. The van der Waals surface area contributed by atoms with E-state index in [9.17, 15) is 4.79 Å². The summed E-state index contributed by atoms with van der Waals surface area (Å²) in [6, 6.07) is 3.47. The number of hydrogen-bond acceptors (Lipinski definition) is 3. The van der Waals surface area contributed by atoms with Crippen molar-refractivity contribution in [3.05, 3.63) is 59.7 Å². The Balaban J connectivity index is 1.59. The lowest BCUT2D eigenvalue weighted by molar-refractivity contribution is 0.228. The highest BCUT2D eigenvalue weighted by Crippen LogP contribution is 2.38. The van der Waals surface area contributed by atoms with Crippen LogP contribution >= 0.6 is 0 Å². The van der Waals surface area contributed by atoms with Crippen LogP contribution in [0, 0.1) is 5.92 Å². The molecule has 3 aliphatic rings. The van der Waals surface area contributed by atoms with E-state index in [1.165, 1.54) is 11.1 Å². The molecule has 1 aliphatic carbocycles. The Morgan fingerprint density at radius 3 is 3.18 bits per heavy atom. The number of nitrogens with zero attached hydrogens (tertiary/aromatic N) is 3. The molecule has 1 aromatic heterocycles. The van der Waals surface area contributed by atoms with Gasteiger partial charge in [-0.05, 0) is 30.5 Å². The molecular formula is C17H16N4O. The van der Waals surface area contributed by atoms with Crippen LogP contribution in [0.5, 0.6) is 0 Å². The van der Waals surface area contributed by atoms with Crippen molar-refractivity contribution in [1.82, 2.24) is 9.88 Å². The first-order chi connectivity index (χ1) is 10.7. The van der Waals surface area contributed by atoms with E-state index < -0.39 is 0 Å². The Hall–Kier alpha value is -2.69. The lowest BCUT2D eigenvalue weighted by Crippen LogP contribution is -2.31. The largest absolute Gasteiger partial charge is 0.327 e. The van der Waals surface area contributed by atoms with E-state index >= 15 is 0 Å². The molecule has 5 heteroatoms. The zero-order valence-corrected chi connectivity index (χ0v) is 12.3. The van der Waals surface area contributed by atoms with Gasteiger partial charge in [-0.25, -0.2) is 9.79 Å². The van der Waals surface area contributed by atoms with E-state index in [2.05, 4.69) is 40.4 Å². The van der Waals surface area contributed by atoms with Crippen molar-refractivity contribution in [2.75, 3.05) is 11.9 Å². The summed E-state index contributed by atoms with van der Waals surface area (Å²) in [5.74, 6) is 1.21. The first-order valence-corrected chi connectivity index (χ1v) is 7.43. The van der Waals surface area contributed by atoms with E-state index in [4.69, 9.17) is 0 Å². The second kappa shape index (κ2) is 4.94. The second-order valence-electron chi connectivity index (χ2n) is 5.67. The maximum Gasteiger partial charge on any atom is 0.327 e. The van der Waals surface area contributed by atoms with E-state index in [0.717, 1.165) is 18.0 Å². The first kappa shape index (κ1) is 13.0. The molecule has 1 N–H and O–H groups in total. The van der Waals surface area contributed by atoms with Gasteiger partial charge in [-0.1, -0.05) is 19.1 Å². The highest BCUT2D eigenvalue weighted by Gasteiger charge is 2.35. The maximum absolute atomic E-state index is 12.5. The monoisotopic (exact) mass is 292 g/mol. The Bertz CT molecular complexity index is 758. The predicted octanol–water partition coefficient (Wildman–Crippen LogP) is 3.12. The van der Waals surface area contributed by atoms with Gasteiger partial charge in [-0.3, -0.25) is 9.88 Å². The third-order valence-electron chi connectivity index (χ3n) is 4.08. The topological polar surface area (TPSA) is 57.6 Å². The van der Waals surface area contributed by atoms with Crippen LogP contribution in [0.25, 0.3) is 0 Å². The van der Waals surface area contributed by atoms with Gasteiger partial charge in [0.2, 0.25) is 0 Å². The van der Waals surface area contributed by atoms with Crippen molar-refractivity contribution in [2.24, 2.45) is 10.9 Å². The van der Waals surface area contributed by atoms with Crippen LogP contribution in [0.3, 0.4) is 0 Å². The molecule has 1 unspecified atom stereocenters. The van der Waals surface area contributed by atoms with E-state index in [0.29, 0.717) is 18.2 Å². The van der Waals surface area contributed by atoms with Gasteiger partial charge in [0, 0.05) is 23.9 Å². The number of fused-ring (bicyclic) bond motifs is 2. The van der Waals surface area contributed by atoms with Crippen molar-refractivity contribution >= 4 is 17.4 Å². The standard InChI is InChI=1S/C17H16N4O/c1-11-4-5-15-14(9-11)13-6-8-21(16(13)20-15)17(22)19-12-3-2-7-18-10-12/h2-5,7,9-11H,6,8H2,1H3,(H,19,22). The fraction of sp³-hybridized carbons (Fsp3) is 0.235. The molecule has 3 heterocycles. The van der Waals surface area contributed by atoms with Gasteiger partial charge >= 0.3 is 6.03 Å². The van der Waals surface area contributed by atoms with Crippen LogP contribution in [0.2, 0.25) is 0 Å². The summed E-state index contributed by atoms with van der Waals surface area (Å²) in [4.78, 5) is 22.8. The minimum atomic E-state index is -0.154.